The molecule has 0 bridgehead atoms. The van der Waals surface area contributed by atoms with Crippen molar-refractivity contribution >= 4 is 29.4 Å². The first-order valence-electron chi connectivity index (χ1n) is 6.85. The van der Waals surface area contributed by atoms with Crippen LogP contribution in [0.25, 0.3) is 0 Å². The van der Waals surface area contributed by atoms with Gasteiger partial charge >= 0.3 is 5.97 Å². The lowest BCUT2D eigenvalue weighted by atomic mass is 10.0. The zero-order valence-electron chi connectivity index (χ0n) is 12.4. The summed E-state index contributed by atoms with van der Waals surface area (Å²) in [5.41, 5.74) is 0.331. The maximum absolute atomic E-state index is 11.8. The zero-order valence-corrected chi connectivity index (χ0v) is 13.2. The van der Waals surface area contributed by atoms with Crippen LogP contribution >= 0.6 is 11.6 Å². The minimum atomic E-state index is -1.09. The molecule has 0 spiro atoms. The van der Waals surface area contributed by atoms with Crippen LogP contribution in [0.1, 0.15) is 30.6 Å². The number of hydrogen-bond donors (Lipinski definition) is 3. The van der Waals surface area contributed by atoms with E-state index in [2.05, 4.69) is 10.6 Å². The summed E-state index contributed by atoms with van der Waals surface area (Å²) in [6.45, 7) is 3.43. The van der Waals surface area contributed by atoms with Gasteiger partial charge in [0.25, 0.3) is 5.91 Å². The first-order valence-corrected chi connectivity index (χ1v) is 7.23. The average molecular weight is 327 g/mol. The molecule has 1 rings (SSSR count). The van der Waals surface area contributed by atoms with E-state index in [4.69, 9.17) is 16.7 Å². The Hall–Kier alpha value is -2.08. The van der Waals surface area contributed by atoms with Crippen LogP contribution in [0.15, 0.2) is 24.3 Å². The summed E-state index contributed by atoms with van der Waals surface area (Å²) in [4.78, 5) is 34.6. The Morgan fingerprint density at radius 2 is 1.95 bits per heavy atom. The number of carboxylic acid groups (broad SMARTS) is 1. The molecular weight excluding hydrogens is 308 g/mol. The standard InChI is InChI=1S/C15H19ClN2O4/c1-9(2)6-12(15(21)22)18-13(19)8-17-14(20)10-4-3-5-11(16)7-10/h3-5,7,9,12H,6,8H2,1-2H3,(H,17,20)(H,18,19)(H,21,22)/t12-/m1/s1. The Balaban J connectivity index is 2.51. The topological polar surface area (TPSA) is 95.5 Å². The molecule has 0 heterocycles. The van der Waals surface area contributed by atoms with Gasteiger partial charge in [-0.1, -0.05) is 31.5 Å². The summed E-state index contributed by atoms with van der Waals surface area (Å²) in [5.74, 6) is -1.97. The van der Waals surface area contributed by atoms with Crippen molar-refractivity contribution in [1.82, 2.24) is 10.6 Å². The lowest BCUT2D eigenvalue weighted by molar-refractivity contribution is -0.142. The molecular formula is C15H19ClN2O4. The summed E-state index contributed by atoms with van der Waals surface area (Å²) < 4.78 is 0. The molecule has 0 saturated heterocycles. The predicted molar refractivity (Wildman–Crippen MR) is 82.8 cm³/mol. The van der Waals surface area contributed by atoms with Gasteiger partial charge in [-0.2, -0.15) is 0 Å². The van der Waals surface area contributed by atoms with E-state index in [0.29, 0.717) is 17.0 Å². The molecule has 2 amide bonds. The number of amides is 2. The van der Waals surface area contributed by atoms with Crippen molar-refractivity contribution in [3.8, 4) is 0 Å². The number of hydrogen-bond acceptors (Lipinski definition) is 3. The van der Waals surface area contributed by atoms with E-state index in [0.717, 1.165) is 0 Å². The van der Waals surface area contributed by atoms with Crippen LogP contribution in [0.4, 0.5) is 0 Å². The van der Waals surface area contributed by atoms with E-state index in [-0.39, 0.29) is 12.5 Å². The molecule has 1 atom stereocenters. The Kier molecular flexibility index (Phi) is 6.85. The van der Waals surface area contributed by atoms with Crippen molar-refractivity contribution in [2.75, 3.05) is 6.54 Å². The molecule has 0 unspecified atom stereocenters. The third-order valence-corrected chi connectivity index (χ3v) is 3.07. The van der Waals surface area contributed by atoms with Crippen LogP contribution in [0.2, 0.25) is 5.02 Å². The van der Waals surface area contributed by atoms with Crippen molar-refractivity contribution in [1.29, 1.82) is 0 Å². The third kappa shape index (κ3) is 6.13. The molecule has 7 heteroatoms. The van der Waals surface area contributed by atoms with Gasteiger partial charge in [0.15, 0.2) is 0 Å². The van der Waals surface area contributed by atoms with Crippen molar-refractivity contribution in [2.45, 2.75) is 26.3 Å². The molecule has 1 aromatic rings. The van der Waals surface area contributed by atoms with Crippen LogP contribution < -0.4 is 10.6 Å². The van der Waals surface area contributed by atoms with Crippen LogP contribution in [0.5, 0.6) is 0 Å². The number of carbonyl (C=O) groups is 3. The van der Waals surface area contributed by atoms with Crippen molar-refractivity contribution in [3.63, 3.8) is 0 Å². The van der Waals surface area contributed by atoms with E-state index in [1.807, 2.05) is 13.8 Å². The molecule has 22 heavy (non-hydrogen) atoms. The smallest absolute Gasteiger partial charge is 0.326 e. The minimum Gasteiger partial charge on any atom is -0.480 e. The number of halogens is 1. The minimum absolute atomic E-state index is 0.127. The predicted octanol–water partition coefficient (Wildman–Crippen LogP) is 1.69. The molecule has 0 aliphatic carbocycles. The fourth-order valence-electron chi connectivity index (χ4n) is 1.83. The molecule has 0 saturated carbocycles. The van der Waals surface area contributed by atoms with Gasteiger partial charge in [-0.25, -0.2) is 4.79 Å². The van der Waals surface area contributed by atoms with Gasteiger partial charge in [0.2, 0.25) is 5.91 Å². The van der Waals surface area contributed by atoms with Gasteiger partial charge in [0, 0.05) is 10.6 Å². The molecule has 1 aromatic carbocycles. The van der Waals surface area contributed by atoms with Crippen LogP contribution in [0.3, 0.4) is 0 Å². The molecule has 3 N–H and O–H groups in total. The van der Waals surface area contributed by atoms with Crippen LogP contribution in [0, 0.1) is 5.92 Å². The second-order valence-corrected chi connectivity index (χ2v) is 5.72. The highest BCUT2D eigenvalue weighted by Crippen LogP contribution is 2.10. The molecule has 0 aliphatic heterocycles. The van der Waals surface area contributed by atoms with E-state index in [1.54, 1.807) is 18.2 Å². The lowest BCUT2D eigenvalue weighted by Crippen LogP contribution is -2.46. The number of benzene rings is 1. The number of carbonyl (C=O) groups excluding carboxylic acids is 2. The van der Waals surface area contributed by atoms with Gasteiger partial charge in [-0.05, 0) is 30.5 Å². The maximum atomic E-state index is 11.8. The third-order valence-electron chi connectivity index (χ3n) is 2.84. The number of nitrogens with one attached hydrogen (secondary N) is 2. The van der Waals surface area contributed by atoms with Crippen LogP contribution in [-0.2, 0) is 9.59 Å². The number of carboxylic acids is 1. The first-order chi connectivity index (χ1) is 10.3. The quantitative estimate of drug-likeness (QED) is 0.710. The Bertz CT molecular complexity index is 560. The summed E-state index contributed by atoms with van der Waals surface area (Å²) >= 11 is 5.78. The largest absolute Gasteiger partial charge is 0.480 e. The summed E-state index contributed by atoms with van der Waals surface area (Å²) in [7, 11) is 0. The molecule has 0 aromatic heterocycles. The molecule has 0 radical (unpaired) electrons. The van der Waals surface area contributed by atoms with Gasteiger partial charge in [0.1, 0.15) is 6.04 Å². The van der Waals surface area contributed by atoms with Crippen molar-refractivity contribution in [2.24, 2.45) is 5.92 Å². The molecule has 0 aliphatic rings. The Morgan fingerprint density at radius 1 is 1.27 bits per heavy atom. The maximum Gasteiger partial charge on any atom is 0.326 e. The second kappa shape index (κ2) is 8.38. The van der Waals surface area contributed by atoms with Gasteiger partial charge in [-0.15, -0.1) is 0 Å². The van der Waals surface area contributed by atoms with Crippen molar-refractivity contribution < 1.29 is 19.5 Å². The molecule has 6 nitrogen and oxygen atoms in total. The highest BCUT2D eigenvalue weighted by molar-refractivity contribution is 6.30. The SMILES string of the molecule is CC(C)C[C@@H](NC(=O)CNC(=O)c1cccc(Cl)c1)C(=O)O. The van der Waals surface area contributed by atoms with Crippen molar-refractivity contribution in [3.05, 3.63) is 34.9 Å². The summed E-state index contributed by atoms with van der Waals surface area (Å²) in [6.07, 6.45) is 0.323. The van der Waals surface area contributed by atoms with E-state index >= 15 is 0 Å². The second-order valence-electron chi connectivity index (χ2n) is 5.28. The fraction of sp³-hybridized carbons (Fsp3) is 0.400. The lowest BCUT2D eigenvalue weighted by Gasteiger charge is -2.16. The normalized spacial score (nSPS) is 11.8. The molecule has 0 fully saturated rings. The van der Waals surface area contributed by atoms with E-state index in [1.165, 1.54) is 6.07 Å². The molecule has 120 valence electrons. The van der Waals surface area contributed by atoms with Gasteiger partial charge < -0.3 is 15.7 Å². The Labute approximate surface area is 133 Å². The van der Waals surface area contributed by atoms with E-state index < -0.39 is 23.8 Å². The van der Waals surface area contributed by atoms with E-state index in [9.17, 15) is 14.4 Å². The number of rotatable bonds is 7. The highest BCUT2D eigenvalue weighted by atomic mass is 35.5. The monoisotopic (exact) mass is 326 g/mol. The van der Waals surface area contributed by atoms with Gasteiger partial charge in [-0.3, -0.25) is 9.59 Å². The fourth-order valence-corrected chi connectivity index (χ4v) is 2.02. The average Bonchev–Trinajstić information content (AvgIpc) is 2.43. The summed E-state index contributed by atoms with van der Waals surface area (Å²) in [6, 6.07) is 5.34. The summed E-state index contributed by atoms with van der Waals surface area (Å²) in [5, 5.41) is 14.3. The number of aliphatic carboxylic acids is 1. The van der Waals surface area contributed by atoms with Crippen LogP contribution in [-0.4, -0.2) is 35.5 Å². The Morgan fingerprint density at radius 3 is 2.50 bits per heavy atom. The zero-order chi connectivity index (χ0) is 16.7. The first kappa shape index (κ1) is 18.0. The highest BCUT2D eigenvalue weighted by Gasteiger charge is 2.21. The van der Waals surface area contributed by atoms with Gasteiger partial charge in [0.05, 0.1) is 6.54 Å².